The molecule has 1 atom stereocenters. The molecule has 2 heteroatoms. The van der Waals surface area contributed by atoms with Gasteiger partial charge < -0.3 is 0 Å². The SMILES string of the molecule is CCCCC(C(=O)C(C)C)C(=O)C(C)(C)C. The maximum Gasteiger partial charge on any atom is 0.148 e. The van der Waals surface area contributed by atoms with Crippen LogP contribution < -0.4 is 0 Å². The highest BCUT2D eigenvalue weighted by molar-refractivity contribution is 6.05. The van der Waals surface area contributed by atoms with Gasteiger partial charge in [-0.3, -0.25) is 9.59 Å². The van der Waals surface area contributed by atoms with Gasteiger partial charge in [0, 0.05) is 11.3 Å². The first-order valence-electron chi connectivity index (χ1n) is 6.29. The van der Waals surface area contributed by atoms with Gasteiger partial charge in [0.25, 0.3) is 0 Å². The maximum absolute atomic E-state index is 12.2. The summed E-state index contributed by atoms with van der Waals surface area (Å²) in [6.07, 6.45) is 2.69. The van der Waals surface area contributed by atoms with Gasteiger partial charge in [-0.2, -0.15) is 0 Å². The molecule has 0 heterocycles. The highest BCUT2D eigenvalue weighted by Gasteiger charge is 2.34. The monoisotopic (exact) mass is 226 g/mol. The Bertz CT molecular complexity index is 246. The minimum absolute atomic E-state index is 0.0480. The van der Waals surface area contributed by atoms with Crippen molar-refractivity contribution in [1.82, 2.24) is 0 Å². The molecule has 0 spiro atoms. The second-order valence-electron chi connectivity index (χ2n) is 5.87. The number of rotatable bonds is 6. The van der Waals surface area contributed by atoms with Crippen LogP contribution in [0.2, 0.25) is 0 Å². The number of hydrogen-bond acceptors (Lipinski definition) is 2. The molecular formula is C14H26O2. The lowest BCUT2D eigenvalue weighted by molar-refractivity contribution is -0.139. The number of ketones is 2. The fraction of sp³-hybridized carbons (Fsp3) is 0.857. The van der Waals surface area contributed by atoms with E-state index in [1.165, 1.54) is 0 Å². The Morgan fingerprint density at radius 2 is 1.62 bits per heavy atom. The van der Waals surface area contributed by atoms with Crippen molar-refractivity contribution >= 4 is 11.6 Å². The summed E-state index contributed by atoms with van der Waals surface area (Å²) in [6, 6.07) is 0. The standard InChI is InChI=1S/C14H26O2/c1-7-8-9-11(12(15)10(2)3)13(16)14(4,5)6/h10-11H,7-9H2,1-6H3. The van der Waals surface area contributed by atoms with Gasteiger partial charge in [-0.05, 0) is 6.42 Å². The molecule has 94 valence electrons. The zero-order chi connectivity index (χ0) is 12.9. The highest BCUT2D eigenvalue weighted by atomic mass is 16.2. The first-order valence-corrected chi connectivity index (χ1v) is 6.29. The molecule has 0 fully saturated rings. The molecule has 0 amide bonds. The smallest absolute Gasteiger partial charge is 0.148 e. The lowest BCUT2D eigenvalue weighted by atomic mass is 9.77. The minimum Gasteiger partial charge on any atom is -0.299 e. The van der Waals surface area contributed by atoms with E-state index < -0.39 is 5.41 Å². The van der Waals surface area contributed by atoms with Crippen molar-refractivity contribution in [3.63, 3.8) is 0 Å². The molecule has 1 unspecified atom stereocenters. The molecule has 0 radical (unpaired) electrons. The number of carbonyl (C=O) groups excluding carboxylic acids is 2. The fourth-order valence-electron chi connectivity index (χ4n) is 1.74. The summed E-state index contributed by atoms with van der Waals surface area (Å²) >= 11 is 0. The Balaban J connectivity index is 4.80. The summed E-state index contributed by atoms with van der Waals surface area (Å²) in [5.74, 6) is -0.235. The van der Waals surface area contributed by atoms with Crippen LogP contribution in [0.3, 0.4) is 0 Å². The minimum atomic E-state index is -0.414. The summed E-state index contributed by atoms with van der Waals surface area (Å²) in [4.78, 5) is 24.2. The summed E-state index contributed by atoms with van der Waals surface area (Å²) < 4.78 is 0. The largest absolute Gasteiger partial charge is 0.299 e. The van der Waals surface area contributed by atoms with E-state index in [1.807, 2.05) is 34.6 Å². The van der Waals surface area contributed by atoms with Crippen LogP contribution in [0, 0.1) is 17.3 Å². The average molecular weight is 226 g/mol. The second kappa shape index (κ2) is 6.17. The Hall–Kier alpha value is -0.660. The summed E-state index contributed by atoms with van der Waals surface area (Å²) in [5.41, 5.74) is -0.414. The van der Waals surface area contributed by atoms with E-state index in [1.54, 1.807) is 0 Å². The summed E-state index contributed by atoms with van der Waals surface area (Å²) in [5, 5.41) is 0. The summed E-state index contributed by atoms with van der Waals surface area (Å²) in [6.45, 7) is 11.5. The van der Waals surface area contributed by atoms with Crippen molar-refractivity contribution in [2.24, 2.45) is 17.3 Å². The predicted octanol–water partition coefficient (Wildman–Crippen LogP) is 3.63. The van der Waals surface area contributed by atoms with E-state index in [0.717, 1.165) is 12.8 Å². The third-order valence-corrected chi connectivity index (χ3v) is 2.81. The normalized spacial score (nSPS) is 13.9. The number of Topliss-reactive ketones (excluding diaryl/α,β-unsaturated/α-hetero) is 2. The average Bonchev–Trinajstić information content (AvgIpc) is 2.16. The van der Waals surface area contributed by atoms with Gasteiger partial charge in [0.2, 0.25) is 0 Å². The maximum atomic E-state index is 12.2. The fourth-order valence-corrected chi connectivity index (χ4v) is 1.74. The number of unbranched alkanes of at least 4 members (excludes halogenated alkanes) is 1. The third-order valence-electron chi connectivity index (χ3n) is 2.81. The molecule has 16 heavy (non-hydrogen) atoms. The second-order valence-corrected chi connectivity index (χ2v) is 5.87. The molecule has 2 nitrogen and oxygen atoms in total. The van der Waals surface area contributed by atoms with Crippen molar-refractivity contribution in [2.75, 3.05) is 0 Å². The Kier molecular flexibility index (Phi) is 5.91. The van der Waals surface area contributed by atoms with Crippen molar-refractivity contribution in [1.29, 1.82) is 0 Å². The molecule has 0 aromatic rings. The van der Waals surface area contributed by atoms with Gasteiger partial charge in [-0.1, -0.05) is 54.4 Å². The van der Waals surface area contributed by atoms with E-state index in [9.17, 15) is 9.59 Å². The van der Waals surface area contributed by atoms with Gasteiger partial charge in [-0.25, -0.2) is 0 Å². The molecule has 0 rings (SSSR count). The third kappa shape index (κ3) is 4.46. The van der Waals surface area contributed by atoms with Crippen LogP contribution in [0.5, 0.6) is 0 Å². The van der Waals surface area contributed by atoms with Gasteiger partial charge >= 0.3 is 0 Å². The van der Waals surface area contributed by atoms with Gasteiger partial charge in [0.05, 0.1) is 5.92 Å². The van der Waals surface area contributed by atoms with Crippen molar-refractivity contribution < 1.29 is 9.59 Å². The molecule has 0 N–H and O–H groups in total. The number of carbonyl (C=O) groups is 2. The molecule has 0 aromatic heterocycles. The zero-order valence-electron chi connectivity index (χ0n) is 11.6. The lowest BCUT2D eigenvalue weighted by Gasteiger charge is -2.24. The quantitative estimate of drug-likeness (QED) is 0.648. The van der Waals surface area contributed by atoms with Crippen molar-refractivity contribution in [3.8, 4) is 0 Å². The van der Waals surface area contributed by atoms with Crippen molar-refractivity contribution in [2.45, 2.75) is 60.8 Å². The Morgan fingerprint density at radius 3 is 1.94 bits per heavy atom. The topological polar surface area (TPSA) is 34.1 Å². The van der Waals surface area contributed by atoms with Crippen LogP contribution in [-0.2, 0) is 9.59 Å². The van der Waals surface area contributed by atoms with Crippen LogP contribution in [0.15, 0.2) is 0 Å². The van der Waals surface area contributed by atoms with E-state index in [0.29, 0.717) is 6.42 Å². The van der Waals surface area contributed by atoms with Crippen molar-refractivity contribution in [3.05, 3.63) is 0 Å². The first-order chi connectivity index (χ1) is 7.21. The molecule has 0 aliphatic heterocycles. The Morgan fingerprint density at radius 1 is 1.12 bits per heavy atom. The predicted molar refractivity (Wildman–Crippen MR) is 67.3 cm³/mol. The van der Waals surface area contributed by atoms with Crippen LogP contribution in [0.4, 0.5) is 0 Å². The van der Waals surface area contributed by atoms with E-state index in [4.69, 9.17) is 0 Å². The zero-order valence-corrected chi connectivity index (χ0v) is 11.6. The van der Waals surface area contributed by atoms with Gasteiger partial charge in [-0.15, -0.1) is 0 Å². The molecule has 0 saturated heterocycles. The molecular weight excluding hydrogens is 200 g/mol. The lowest BCUT2D eigenvalue weighted by Crippen LogP contribution is -2.35. The van der Waals surface area contributed by atoms with Gasteiger partial charge in [0.15, 0.2) is 0 Å². The van der Waals surface area contributed by atoms with Crippen LogP contribution >= 0.6 is 0 Å². The van der Waals surface area contributed by atoms with E-state index in [2.05, 4.69) is 6.92 Å². The first kappa shape index (κ1) is 15.3. The van der Waals surface area contributed by atoms with Crippen LogP contribution in [0.1, 0.15) is 60.8 Å². The molecule has 0 aliphatic carbocycles. The molecule has 0 aromatic carbocycles. The van der Waals surface area contributed by atoms with Crippen LogP contribution in [0.25, 0.3) is 0 Å². The molecule has 0 aliphatic rings. The van der Waals surface area contributed by atoms with E-state index >= 15 is 0 Å². The Labute approximate surface area is 99.8 Å². The van der Waals surface area contributed by atoms with Gasteiger partial charge in [0.1, 0.15) is 11.6 Å². The van der Waals surface area contributed by atoms with E-state index in [-0.39, 0.29) is 23.4 Å². The summed E-state index contributed by atoms with van der Waals surface area (Å²) in [7, 11) is 0. The molecule has 0 bridgehead atoms. The van der Waals surface area contributed by atoms with Crippen LogP contribution in [-0.4, -0.2) is 11.6 Å². The molecule has 0 saturated carbocycles. The highest BCUT2D eigenvalue weighted by Crippen LogP contribution is 2.26. The number of hydrogen-bond donors (Lipinski definition) is 0.